The van der Waals surface area contributed by atoms with Crippen LogP contribution in [0.5, 0.6) is 5.75 Å². The summed E-state index contributed by atoms with van der Waals surface area (Å²) in [6.45, 7) is 0.412. The Morgan fingerprint density at radius 2 is 1.50 bits per heavy atom. The average Bonchev–Trinajstić information content (AvgIpc) is 2.68. The Hall–Kier alpha value is -2.14. The minimum atomic E-state index is -0.572. The van der Waals surface area contributed by atoms with E-state index in [2.05, 4.69) is 15.9 Å². The highest BCUT2D eigenvalue weighted by atomic mass is 79.9. The minimum Gasteiger partial charge on any atom is -0.462 e. The molecule has 0 aliphatic heterocycles. The molecule has 2 aromatic rings. The van der Waals surface area contributed by atoms with Gasteiger partial charge in [0, 0.05) is 4.47 Å². The molecular formula is C21H21BrO4. The van der Waals surface area contributed by atoms with Crippen LogP contribution in [-0.2, 0) is 4.74 Å². The topological polar surface area (TPSA) is 52.6 Å². The van der Waals surface area contributed by atoms with Gasteiger partial charge < -0.3 is 9.47 Å². The van der Waals surface area contributed by atoms with Crippen molar-refractivity contribution >= 4 is 27.9 Å². The van der Waals surface area contributed by atoms with Crippen molar-refractivity contribution in [3.63, 3.8) is 0 Å². The fraction of sp³-hybridized carbons (Fsp3) is 0.333. The maximum atomic E-state index is 12.5. The summed E-state index contributed by atoms with van der Waals surface area (Å²) in [5.74, 6) is -0.199. The standard InChI is InChI=1S/C21H21BrO4/c22-16-10-12-17(13-11-16)26-21(24)19-9-5-4-8-18(19)20(23)25-14-15-6-2-1-3-7-15/h4-5,8-13,15H,1-3,6-7,14H2. The molecular weight excluding hydrogens is 396 g/mol. The van der Waals surface area contributed by atoms with Crippen LogP contribution in [0, 0.1) is 5.92 Å². The van der Waals surface area contributed by atoms with Crippen molar-refractivity contribution in [2.75, 3.05) is 6.61 Å². The molecule has 0 unspecified atom stereocenters. The first kappa shape index (κ1) is 18.6. The van der Waals surface area contributed by atoms with E-state index in [0.29, 0.717) is 18.3 Å². The molecule has 1 aliphatic carbocycles. The molecule has 2 aromatic carbocycles. The molecule has 0 spiro atoms. The van der Waals surface area contributed by atoms with Gasteiger partial charge in [-0.05, 0) is 55.2 Å². The van der Waals surface area contributed by atoms with Crippen LogP contribution < -0.4 is 4.74 Å². The molecule has 0 bridgehead atoms. The van der Waals surface area contributed by atoms with Crippen molar-refractivity contribution in [3.8, 4) is 5.75 Å². The van der Waals surface area contributed by atoms with E-state index in [1.807, 2.05) is 0 Å². The molecule has 0 atom stereocenters. The van der Waals surface area contributed by atoms with Crippen LogP contribution >= 0.6 is 15.9 Å². The fourth-order valence-electron chi connectivity index (χ4n) is 3.13. The highest BCUT2D eigenvalue weighted by molar-refractivity contribution is 9.10. The van der Waals surface area contributed by atoms with E-state index in [9.17, 15) is 9.59 Å². The largest absolute Gasteiger partial charge is 0.462 e. The van der Waals surface area contributed by atoms with Gasteiger partial charge in [0.15, 0.2) is 0 Å². The number of hydrogen-bond acceptors (Lipinski definition) is 4. The van der Waals surface area contributed by atoms with Crippen LogP contribution in [-0.4, -0.2) is 18.5 Å². The maximum absolute atomic E-state index is 12.5. The molecule has 0 N–H and O–H groups in total. The second kappa shape index (κ2) is 8.99. The van der Waals surface area contributed by atoms with E-state index in [-0.39, 0.29) is 11.1 Å². The summed E-state index contributed by atoms with van der Waals surface area (Å²) in [6, 6.07) is 13.5. The summed E-state index contributed by atoms with van der Waals surface area (Å²) in [5, 5.41) is 0. The molecule has 26 heavy (non-hydrogen) atoms. The Labute approximate surface area is 161 Å². The number of carbonyl (C=O) groups excluding carboxylic acids is 2. The van der Waals surface area contributed by atoms with Gasteiger partial charge in [0.1, 0.15) is 5.75 Å². The van der Waals surface area contributed by atoms with E-state index in [0.717, 1.165) is 17.3 Å². The van der Waals surface area contributed by atoms with Crippen LogP contribution in [0.15, 0.2) is 53.0 Å². The van der Waals surface area contributed by atoms with Gasteiger partial charge in [-0.1, -0.05) is 47.3 Å². The van der Waals surface area contributed by atoms with Crippen LogP contribution in [0.3, 0.4) is 0 Å². The van der Waals surface area contributed by atoms with Gasteiger partial charge in [0.05, 0.1) is 17.7 Å². The zero-order chi connectivity index (χ0) is 18.4. The van der Waals surface area contributed by atoms with Crippen LogP contribution in [0.1, 0.15) is 52.8 Å². The number of halogens is 1. The predicted octanol–water partition coefficient (Wildman–Crippen LogP) is 5.41. The molecule has 1 fully saturated rings. The zero-order valence-electron chi connectivity index (χ0n) is 14.4. The van der Waals surface area contributed by atoms with Gasteiger partial charge in [0.2, 0.25) is 0 Å². The molecule has 0 saturated heterocycles. The van der Waals surface area contributed by atoms with E-state index in [1.165, 1.54) is 19.3 Å². The predicted molar refractivity (Wildman–Crippen MR) is 102 cm³/mol. The number of ether oxygens (including phenoxy) is 2. The van der Waals surface area contributed by atoms with Gasteiger partial charge >= 0.3 is 11.9 Å². The van der Waals surface area contributed by atoms with E-state index >= 15 is 0 Å². The van der Waals surface area contributed by atoms with Gasteiger partial charge in [-0.15, -0.1) is 0 Å². The molecule has 1 aliphatic rings. The summed E-state index contributed by atoms with van der Waals surface area (Å²) in [6.07, 6.45) is 5.84. The molecule has 3 rings (SSSR count). The van der Waals surface area contributed by atoms with Gasteiger partial charge in [-0.2, -0.15) is 0 Å². The summed E-state index contributed by atoms with van der Waals surface area (Å²) in [7, 11) is 0. The number of hydrogen-bond donors (Lipinski definition) is 0. The smallest absolute Gasteiger partial charge is 0.344 e. The monoisotopic (exact) mass is 416 g/mol. The van der Waals surface area contributed by atoms with Crippen LogP contribution in [0.25, 0.3) is 0 Å². The van der Waals surface area contributed by atoms with E-state index in [4.69, 9.17) is 9.47 Å². The zero-order valence-corrected chi connectivity index (χ0v) is 16.0. The lowest BCUT2D eigenvalue weighted by Gasteiger charge is -2.21. The van der Waals surface area contributed by atoms with E-state index in [1.54, 1.807) is 48.5 Å². The summed E-state index contributed by atoms with van der Waals surface area (Å²) < 4.78 is 11.7. The van der Waals surface area contributed by atoms with Gasteiger partial charge in [-0.25, -0.2) is 9.59 Å². The first-order chi connectivity index (χ1) is 12.6. The third-order valence-electron chi connectivity index (χ3n) is 4.57. The number of carbonyl (C=O) groups is 2. The van der Waals surface area contributed by atoms with Crippen LogP contribution in [0.4, 0.5) is 0 Å². The Kier molecular flexibility index (Phi) is 6.45. The van der Waals surface area contributed by atoms with E-state index < -0.39 is 11.9 Å². The lowest BCUT2D eigenvalue weighted by Crippen LogP contribution is -2.19. The summed E-state index contributed by atoms with van der Waals surface area (Å²) in [5.41, 5.74) is 0.453. The molecule has 4 nitrogen and oxygen atoms in total. The summed E-state index contributed by atoms with van der Waals surface area (Å²) >= 11 is 3.34. The molecule has 0 heterocycles. The second-order valence-electron chi connectivity index (χ2n) is 6.49. The average molecular weight is 417 g/mol. The molecule has 0 radical (unpaired) electrons. The van der Waals surface area contributed by atoms with Gasteiger partial charge in [-0.3, -0.25) is 0 Å². The highest BCUT2D eigenvalue weighted by Crippen LogP contribution is 2.24. The number of esters is 2. The van der Waals surface area contributed by atoms with Crippen molar-refractivity contribution < 1.29 is 19.1 Å². The minimum absolute atomic E-state index is 0.212. The summed E-state index contributed by atoms with van der Waals surface area (Å²) in [4.78, 5) is 25.0. The maximum Gasteiger partial charge on any atom is 0.344 e. The molecule has 0 amide bonds. The first-order valence-electron chi connectivity index (χ1n) is 8.87. The van der Waals surface area contributed by atoms with Crippen molar-refractivity contribution in [2.24, 2.45) is 5.92 Å². The fourth-order valence-corrected chi connectivity index (χ4v) is 3.39. The van der Waals surface area contributed by atoms with Crippen LogP contribution in [0.2, 0.25) is 0 Å². The Morgan fingerprint density at radius 1 is 0.885 bits per heavy atom. The first-order valence-corrected chi connectivity index (χ1v) is 9.66. The molecule has 136 valence electrons. The van der Waals surface area contributed by atoms with Crippen molar-refractivity contribution in [2.45, 2.75) is 32.1 Å². The Bertz CT molecular complexity index is 764. The second-order valence-corrected chi connectivity index (χ2v) is 7.41. The van der Waals surface area contributed by atoms with Crippen molar-refractivity contribution in [1.29, 1.82) is 0 Å². The highest BCUT2D eigenvalue weighted by Gasteiger charge is 2.21. The number of rotatable bonds is 5. The Balaban J connectivity index is 1.67. The normalized spacial score (nSPS) is 14.7. The van der Waals surface area contributed by atoms with Crippen molar-refractivity contribution in [1.82, 2.24) is 0 Å². The van der Waals surface area contributed by atoms with Crippen molar-refractivity contribution in [3.05, 3.63) is 64.1 Å². The lowest BCUT2D eigenvalue weighted by molar-refractivity contribution is 0.0404. The molecule has 1 saturated carbocycles. The molecule has 5 heteroatoms. The molecule has 0 aromatic heterocycles. The lowest BCUT2D eigenvalue weighted by atomic mass is 9.90. The third-order valence-corrected chi connectivity index (χ3v) is 5.09. The quantitative estimate of drug-likeness (QED) is 0.483. The Morgan fingerprint density at radius 3 is 2.15 bits per heavy atom. The van der Waals surface area contributed by atoms with Gasteiger partial charge in [0.25, 0.3) is 0 Å². The SMILES string of the molecule is O=C(OCC1CCCCC1)c1ccccc1C(=O)Oc1ccc(Br)cc1. The number of benzene rings is 2. The third kappa shape index (κ3) is 4.94.